The fourth-order valence-corrected chi connectivity index (χ4v) is 6.01. The van der Waals surface area contributed by atoms with Crippen LogP contribution in [0.2, 0.25) is 0 Å². The average molecular weight is 547 g/mol. The van der Waals surface area contributed by atoms with Gasteiger partial charge in [0.1, 0.15) is 18.4 Å². The second kappa shape index (κ2) is 12.0. The molecule has 9 nitrogen and oxygen atoms in total. The van der Waals surface area contributed by atoms with Crippen molar-refractivity contribution in [1.82, 2.24) is 14.7 Å². The lowest BCUT2D eigenvalue weighted by Crippen LogP contribution is -2.52. The van der Waals surface area contributed by atoms with Gasteiger partial charge in [-0.25, -0.2) is 0 Å². The van der Waals surface area contributed by atoms with Crippen LogP contribution in [-0.2, 0) is 9.53 Å². The highest BCUT2D eigenvalue weighted by molar-refractivity contribution is 6.02. The van der Waals surface area contributed by atoms with Crippen LogP contribution in [0.5, 0.6) is 5.75 Å². The van der Waals surface area contributed by atoms with E-state index in [1.54, 1.807) is 39.0 Å². The normalized spacial score (nSPS) is 21.3. The van der Waals surface area contributed by atoms with Crippen molar-refractivity contribution in [3.8, 4) is 5.75 Å². The number of nitrogens with zero attached hydrogens (tertiary/aromatic N) is 4. The van der Waals surface area contributed by atoms with Crippen LogP contribution in [0.15, 0.2) is 48.5 Å². The van der Waals surface area contributed by atoms with E-state index in [0.29, 0.717) is 50.5 Å². The Bertz CT molecular complexity index is 1200. The van der Waals surface area contributed by atoms with Gasteiger partial charge in [0, 0.05) is 62.1 Å². The summed E-state index contributed by atoms with van der Waals surface area (Å²) in [6, 6.07) is 15.2. The zero-order valence-corrected chi connectivity index (χ0v) is 23.0. The van der Waals surface area contributed by atoms with Crippen molar-refractivity contribution in [1.29, 1.82) is 0 Å². The number of piperidine rings is 1. The van der Waals surface area contributed by atoms with Gasteiger partial charge in [0.05, 0.1) is 13.2 Å². The Labute approximate surface area is 235 Å². The molecule has 2 aromatic rings. The van der Waals surface area contributed by atoms with E-state index in [1.807, 2.05) is 24.3 Å². The number of rotatable bonds is 6. The summed E-state index contributed by atoms with van der Waals surface area (Å²) in [5.41, 5.74) is 1.83. The zero-order valence-electron chi connectivity index (χ0n) is 23.0. The molecule has 0 N–H and O–H groups in total. The number of piperazine rings is 1. The van der Waals surface area contributed by atoms with Crippen LogP contribution in [0, 0.1) is 0 Å². The van der Waals surface area contributed by atoms with E-state index in [9.17, 15) is 14.4 Å². The number of hydrogen-bond donors (Lipinski definition) is 0. The molecule has 9 heteroatoms. The Kier molecular flexibility index (Phi) is 8.02. The lowest BCUT2D eigenvalue weighted by atomic mass is 9.90. The summed E-state index contributed by atoms with van der Waals surface area (Å²) >= 11 is 0. The molecule has 3 saturated heterocycles. The Balaban J connectivity index is 0.994. The Hall–Kier alpha value is -3.43. The molecule has 212 valence electrons. The highest BCUT2D eigenvalue weighted by Crippen LogP contribution is 2.29. The number of amides is 3. The summed E-state index contributed by atoms with van der Waals surface area (Å²) in [5.74, 6) is 0.459. The first-order valence-corrected chi connectivity index (χ1v) is 14.6. The topological polar surface area (TPSA) is 82.6 Å². The third kappa shape index (κ3) is 5.86. The molecule has 0 spiro atoms. The zero-order chi connectivity index (χ0) is 27.5. The van der Waals surface area contributed by atoms with Crippen LogP contribution in [0.1, 0.15) is 52.8 Å². The number of likely N-dealkylation sites (tertiary alicyclic amines) is 1. The van der Waals surface area contributed by atoms with Crippen LogP contribution >= 0.6 is 0 Å². The Morgan fingerprint density at radius 2 is 1.35 bits per heavy atom. The number of ether oxygens (including phenoxy) is 2. The Morgan fingerprint density at radius 1 is 0.725 bits per heavy atom. The van der Waals surface area contributed by atoms with Crippen molar-refractivity contribution in [2.45, 2.75) is 44.2 Å². The first kappa shape index (κ1) is 26.8. The predicted molar refractivity (Wildman–Crippen MR) is 151 cm³/mol. The second-order valence-electron chi connectivity index (χ2n) is 11.2. The summed E-state index contributed by atoms with van der Waals surface area (Å²) < 4.78 is 11.6. The monoisotopic (exact) mass is 546 g/mol. The average Bonchev–Trinajstić information content (AvgIpc) is 2.97. The number of hydrogen-bond acceptors (Lipinski definition) is 6. The van der Waals surface area contributed by atoms with Crippen LogP contribution in [0.3, 0.4) is 0 Å². The summed E-state index contributed by atoms with van der Waals surface area (Å²) in [7, 11) is 0. The molecule has 3 amide bonds. The van der Waals surface area contributed by atoms with Crippen molar-refractivity contribution in [3.05, 3.63) is 59.7 Å². The van der Waals surface area contributed by atoms with E-state index < -0.39 is 0 Å². The predicted octanol–water partition coefficient (Wildman–Crippen LogP) is 3.04. The van der Waals surface area contributed by atoms with Gasteiger partial charge in [-0.1, -0.05) is 6.42 Å². The summed E-state index contributed by atoms with van der Waals surface area (Å²) in [6.07, 6.45) is 6.41. The van der Waals surface area contributed by atoms with Crippen LogP contribution in [0.4, 0.5) is 5.69 Å². The number of anilines is 1. The molecule has 4 fully saturated rings. The molecule has 0 radical (unpaired) electrons. The van der Waals surface area contributed by atoms with Crippen molar-refractivity contribution >= 4 is 23.4 Å². The molecule has 0 bridgehead atoms. The molecular weight excluding hydrogens is 508 g/mol. The maximum absolute atomic E-state index is 13.1. The molecule has 1 aliphatic carbocycles. The van der Waals surface area contributed by atoms with Crippen molar-refractivity contribution in [2.75, 3.05) is 63.9 Å². The number of carbonyl (C=O) groups excluding carboxylic acids is 3. The van der Waals surface area contributed by atoms with E-state index >= 15 is 0 Å². The maximum atomic E-state index is 13.1. The molecule has 2 aromatic carbocycles. The van der Waals surface area contributed by atoms with Gasteiger partial charge in [0.2, 0.25) is 5.91 Å². The third-order valence-electron chi connectivity index (χ3n) is 8.70. The number of carbonyl (C=O) groups is 3. The molecule has 0 unspecified atom stereocenters. The van der Waals surface area contributed by atoms with Gasteiger partial charge in [0.15, 0.2) is 0 Å². The SMILES string of the molecule is O=C(c1ccc(C(=O)N2CCN(c3ccc(OC4CCN(C5CCC5)CC4)cc3)C(=O)C2)cc1)N1CCOCC1. The minimum Gasteiger partial charge on any atom is -0.490 e. The van der Waals surface area contributed by atoms with Gasteiger partial charge in [-0.3, -0.25) is 14.4 Å². The highest BCUT2D eigenvalue weighted by Gasteiger charge is 2.31. The Morgan fingerprint density at radius 3 is 1.93 bits per heavy atom. The molecule has 3 aliphatic heterocycles. The number of benzene rings is 2. The summed E-state index contributed by atoms with van der Waals surface area (Å²) in [5, 5.41) is 0. The molecule has 0 aromatic heterocycles. The van der Waals surface area contributed by atoms with Gasteiger partial charge in [-0.05, 0) is 74.2 Å². The fourth-order valence-electron chi connectivity index (χ4n) is 6.01. The molecule has 3 heterocycles. The quantitative estimate of drug-likeness (QED) is 0.554. The van der Waals surface area contributed by atoms with Gasteiger partial charge >= 0.3 is 0 Å². The second-order valence-corrected chi connectivity index (χ2v) is 11.2. The summed E-state index contributed by atoms with van der Waals surface area (Å²) in [4.78, 5) is 46.5. The van der Waals surface area contributed by atoms with Gasteiger partial charge in [0.25, 0.3) is 11.8 Å². The highest BCUT2D eigenvalue weighted by atomic mass is 16.5. The van der Waals surface area contributed by atoms with Gasteiger partial charge < -0.3 is 29.1 Å². The standard InChI is InChI=1S/C31H38N4O5/c36-29-22-34(31(38)24-6-4-23(5-7-24)30(37)33-18-20-39-21-19-33)16-17-35(29)26-8-10-27(11-9-26)40-28-12-14-32(15-13-28)25-2-1-3-25/h4-11,25,28H,1-3,12-22H2. The fraction of sp³-hybridized carbons (Fsp3) is 0.516. The van der Waals surface area contributed by atoms with Crippen molar-refractivity contribution in [2.24, 2.45) is 0 Å². The maximum Gasteiger partial charge on any atom is 0.254 e. The van der Waals surface area contributed by atoms with Crippen molar-refractivity contribution < 1.29 is 23.9 Å². The van der Waals surface area contributed by atoms with Crippen molar-refractivity contribution in [3.63, 3.8) is 0 Å². The van der Waals surface area contributed by atoms with E-state index in [4.69, 9.17) is 9.47 Å². The van der Waals surface area contributed by atoms with E-state index in [2.05, 4.69) is 4.90 Å². The number of morpholine rings is 1. The van der Waals surface area contributed by atoms with E-state index in [1.165, 1.54) is 19.3 Å². The molecule has 0 atom stereocenters. The lowest BCUT2D eigenvalue weighted by molar-refractivity contribution is -0.120. The van der Waals surface area contributed by atoms with Gasteiger partial charge in [-0.2, -0.15) is 0 Å². The van der Waals surface area contributed by atoms with Crippen LogP contribution in [0.25, 0.3) is 0 Å². The minimum atomic E-state index is -0.203. The smallest absolute Gasteiger partial charge is 0.254 e. The van der Waals surface area contributed by atoms with E-state index in [-0.39, 0.29) is 30.4 Å². The lowest BCUT2D eigenvalue weighted by Gasteiger charge is -2.41. The minimum absolute atomic E-state index is 0.0190. The first-order valence-electron chi connectivity index (χ1n) is 14.6. The van der Waals surface area contributed by atoms with E-state index in [0.717, 1.165) is 43.4 Å². The third-order valence-corrected chi connectivity index (χ3v) is 8.70. The van der Waals surface area contributed by atoms with Gasteiger partial charge in [-0.15, -0.1) is 0 Å². The van der Waals surface area contributed by atoms with Crippen LogP contribution < -0.4 is 9.64 Å². The molecule has 6 rings (SSSR count). The first-order chi connectivity index (χ1) is 19.5. The molecular formula is C31H38N4O5. The van der Waals surface area contributed by atoms with Crippen LogP contribution in [-0.4, -0.2) is 104 Å². The molecule has 1 saturated carbocycles. The molecule has 40 heavy (non-hydrogen) atoms. The molecule has 4 aliphatic rings. The largest absolute Gasteiger partial charge is 0.490 e. The summed E-state index contributed by atoms with van der Waals surface area (Å²) in [6.45, 7) is 5.34.